The van der Waals surface area contributed by atoms with Crippen molar-refractivity contribution in [3.05, 3.63) is 101 Å². The predicted octanol–water partition coefficient (Wildman–Crippen LogP) is 6.11. The Labute approximate surface area is 213 Å². The lowest BCUT2D eigenvalue weighted by Crippen LogP contribution is -2.44. The zero-order valence-electron chi connectivity index (χ0n) is 20.1. The molecule has 182 valence electrons. The van der Waals surface area contributed by atoms with E-state index in [1.165, 1.54) is 16.7 Å². The van der Waals surface area contributed by atoms with E-state index in [-0.39, 0.29) is 18.6 Å². The summed E-state index contributed by atoms with van der Waals surface area (Å²) in [6, 6.07) is 26.6. The van der Waals surface area contributed by atoms with Gasteiger partial charge in [-0.1, -0.05) is 66.2 Å². The SMILES string of the molecule is O=C(COc1ccccc1)N1CCc2ccccc2C1CCN1CCC(c2ccc(Cl)cc2)CC1. The summed E-state index contributed by atoms with van der Waals surface area (Å²) in [7, 11) is 0. The number of likely N-dealkylation sites (tertiary alicyclic amines) is 1. The van der Waals surface area contributed by atoms with Gasteiger partial charge in [-0.3, -0.25) is 4.79 Å². The zero-order chi connectivity index (χ0) is 24.0. The summed E-state index contributed by atoms with van der Waals surface area (Å²) in [4.78, 5) is 17.9. The van der Waals surface area contributed by atoms with Crippen LogP contribution in [-0.4, -0.2) is 48.5 Å². The van der Waals surface area contributed by atoms with Crippen molar-refractivity contribution in [1.29, 1.82) is 0 Å². The molecule has 1 amide bonds. The number of nitrogens with zero attached hydrogens (tertiary/aromatic N) is 2. The maximum absolute atomic E-state index is 13.2. The lowest BCUT2D eigenvalue weighted by atomic mass is 9.88. The van der Waals surface area contributed by atoms with E-state index in [9.17, 15) is 4.79 Å². The lowest BCUT2D eigenvalue weighted by molar-refractivity contribution is -0.136. The van der Waals surface area contributed by atoms with E-state index >= 15 is 0 Å². The van der Waals surface area contributed by atoms with Crippen LogP contribution in [0.1, 0.15) is 47.9 Å². The van der Waals surface area contributed by atoms with Gasteiger partial charge in [-0.05, 0) is 85.6 Å². The van der Waals surface area contributed by atoms with Gasteiger partial charge in [0.15, 0.2) is 6.61 Å². The number of piperidine rings is 1. The number of hydrogen-bond acceptors (Lipinski definition) is 3. The molecule has 2 aliphatic heterocycles. The first-order valence-corrected chi connectivity index (χ1v) is 13.1. The molecule has 0 radical (unpaired) electrons. The summed E-state index contributed by atoms with van der Waals surface area (Å²) in [6.07, 6.45) is 4.17. The van der Waals surface area contributed by atoms with Crippen LogP contribution in [-0.2, 0) is 11.2 Å². The molecule has 1 saturated heterocycles. The van der Waals surface area contributed by atoms with Crippen LogP contribution in [0, 0.1) is 0 Å². The molecule has 35 heavy (non-hydrogen) atoms. The Morgan fingerprint density at radius 1 is 0.886 bits per heavy atom. The van der Waals surface area contributed by atoms with E-state index in [2.05, 4.69) is 41.3 Å². The first-order chi connectivity index (χ1) is 17.2. The van der Waals surface area contributed by atoms with Gasteiger partial charge < -0.3 is 14.5 Å². The maximum Gasteiger partial charge on any atom is 0.261 e. The minimum Gasteiger partial charge on any atom is -0.484 e. The summed E-state index contributed by atoms with van der Waals surface area (Å²) in [5, 5.41) is 0.798. The number of rotatable bonds is 7. The molecule has 5 rings (SSSR count). The molecule has 0 spiro atoms. The maximum atomic E-state index is 13.2. The number of benzene rings is 3. The smallest absolute Gasteiger partial charge is 0.261 e. The van der Waals surface area contributed by atoms with Crippen molar-refractivity contribution in [3.8, 4) is 5.75 Å². The van der Waals surface area contributed by atoms with Gasteiger partial charge in [0, 0.05) is 18.1 Å². The van der Waals surface area contributed by atoms with Gasteiger partial charge in [0.2, 0.25) is 0 Å². The highest BCUT2D eigenvalue weighted by molar-refractivity contribution is 6.30. The third-order valence-electron chi connectivity index (χ3n) is 7.49. The third-order valence-corrected chi connectivity index (χ3v) is 7.74. The molecule has 1 atom stereocenters. The Kier molecular flexibility index (Phi) is 7.70. The van der Waals surface area contributed by atoms with Gasteiger partial charge in [-0.2, -0.15) is 0 Å². The standard InChI is InChI=1S/C30H33ClN2O2/c31-26-12-10-23(11-13-26)24-14-18-32(19-15-24)20-17-29-28-9-5-4-6-25(28)16-21-33(29)30(34)22-35-27-7-2-1-3-8-27/h1-13,24,29H,14-22H2. The van der Waals surface area contributed by atoms with Gasteiger partial charge in [0.1, 0.15) is 5.75 Å². The fourth-order valence-electron chi connectivity index (χ4n) is 5.54. The Morgan fingerprint density at radius 2 is 1.60 bits per heavy atom. The van der Waals surface area contributed by atoms with Gasteiger partial charge in [0.25, 0.3) is 5.91 Å². The van der Waals surface area contributed by atoms with Crippen molar-refractivity contribution in [2.24, 2.45) is 0 Å². The molecule has 1 fully saturated rings. The van der Waals surface area contributed by atoms with Crippen LogP contribution in [0.5, 0.6) is 5.75 Å². The summed E-state index contributed by atoms with van der Waals surface area (Å²) < 4.78 is 5.80. The quantitative estimate of drug-likeness (QED) is 0.402. The number of fused-ring (bicyclic) bond motifs is 1. The normalized spacial score (nSPS) is 18.8. The van der Waals surface area contributed by atoms with Crippen molar-refractivity contribution in [1.82, 2.24) is 9.80 Å². The average Bonchev–Trinajstić information content (AvgIpc) is 2.91. The van der Waals surface area contributed by atoms with Crippen molar-refractivity contribution in [3.63, 3.8) is 0 Å². The largest absolute Gasteiger partial charge is 0.484 e. The van der Waals surface area contributed by atoms with E-state index in [1.54, 1.807) is 0 Å². The Balaban J connectivity index is 1.21. The van der Waals surface area contributed by atoms with E-state index in [1.807, 2.05) is 47.4 Å². The highest BCUT2D eigenvalue weighted by Crippen LogP contribution is 2.34. The first-order valence-electron chi connectivity index (χ1n) is 12.7. The number of hydrogen-bond donors (Lipinski definition) is 0. The highest BCUT2D eigenvalue weighted by Gasteiger charge is 2.31. The van der Waals surface area contributed by atoms with Crippen LogP contribution < -0.4 is 4.74 Å². The van der Waals surface area contributed by atoms with Crippen LogP contribution in [0.25, 0.3) is 0 Å². The Bertz CT molecular complexity index is 1110. The average molecular weight is 489 g/mol. The fourth-order valence-corrected chi connectivity index (χ4v) is 5.66. The van der Waals surface area contributed by atoms with E-state index in [0.717, 1.165) is 62.6 Å². The van der Waals surface area contributed by atoms with Crippen molar-refractivity contribution in [2.75, 3.05) is 32.8 Å². The lowest BCUT2D eigenvalue weighted by Gasteiger charge is -2.39. The first kappa shape index (κ1) is 23.9. The number of amides is 1. The van der Waals surface area contributed by atoms with Crippen molar-refractivity contribution in [2.45, 2.75) is 37.6 Å². The highest BCUT2D eigenvalue weighted by atomic mass is 35.5. The summed E-state index contributed by atoms with van der Waals surface area (Å²) in [5.74, 6) is 1.40. The van der Waals surface area contributed by atoms with Crippen LogP contribution in [0.15, 0.2) is 78.9 Å². The molecule has 5 heteroatoms. The van der Waals surface area contributed by atoms with Gasteiger partial charge in [0.05, 0.1) is 6.04 Å². The van der Waals surface area contributed by atoms with Crippen LogP contribution in [0.4, 0.5) is 0 Å². The third kappa shape index (κ3) is 5.88. The van der Waals surface area contributed by atoms with E-state index in [4.69, 9.17) is 16.3 Å². The van der Waals surface area contributed by atoms with Gasteiger partial charge >= 0.3 is 0 Å². The Morgan fingerprint density at radius 3 is 2.37 bits per heavy atom. The Hall–Kier alpha value is -2.82. The van der Waals surface area contributed by atoms with E-state index < -0.39 is 0 Å². The van der Waals surface area contributed by atoms with Crippen LogP contribution in [0.2, 0.25) is 5.02 Å². The summed E-state index contributed by atoms with van der Waals surface area (Å²) in [6.45, 7) is 4.00. The minimum atomic E-state index is 0.0646. The van der Waals surface area contributed by atoms with Crippen LogP contribution in [0.3, 0.4) is 0 Å². The van der Waals surface area contributed by atoms with Gasteiger partial charge in [-0.15, -0.1) is 0 Å². The molecule has 1 unspecified atom stereocenters. The molecule has 3 aromatic rings. The number of para-hydroxylation sites is 1. The molecule has 3 aromatic carbocycles. The molecule has 0 bridgehead atoms. The molecule has 0 aromatic heterocycles. The van der Waals surface area contributed by atoms with Crippen LogP contribution >= 0.6 is 11.6 Å². The zero-order valence-corrected chi connectivity index (χ0v) is 20.9. The van der Waals surface area contributed by atoms with Crippen molar-refractivity contribution < 1.29 is 9.53 Å². The summed E-state index contributed by atoms with van der Waals surface area (Å²) in [5.41, 5.74) is 4.06. The molecular formula is C30H33ClN2O2. The van der Waals surface area contributed by atoms with E-state index in [0.29, 0.717) is 5.92 Å². The van der Waals surface area contributed by atoms with Gasteiger partial charge in [-0.25, -0.2) is 0 Å². The molecule has 4 nitrogen and oxygen atoms in total. The summed E-state index contributed by atoms with van der Waals surface area (Å²) >= 11 is 6.07. The molecule has 2 heterocycles. The number of ether oxygens (including phenoxy) is 1. The van der Waals surface area contributed by atoms with Crippen molar-refractivity contribution >= 4 is 17.5 Å². The molecule has 0 saturated carbocycles. The molecule has 2 aliphatic rings. The second-order valence-electron chi connectivity index (χ2n) is 9.61. The number of carbonyl (C=O) groups excluding carboxylic acids is 1. The molecule has 0 N–H and O–H groups in total. The predicted molar refractivity (Wildman–Crippen MR) is 141 cm³/mol. The fraction of sp³-hybridized carbons (Fsp3) is 0.367. The molecule has 0 aliphatic carbocycles. The second kappa shape index (κ2) is 11.3. The number of carbonyl (C=O) groups is 1. The molecular weight excluding hydrogens is 456 g/mol. The number of halogens is 1. The topological polar surface area (TPSA) is 32.8 Å². The minimum absolute atomic E-state index is 0.0646. The monoisotopic (exact) mass is 488 g/mol. The second-order valence-corrected chi connectivity index (χ2v) is 10.0.